The predicted molar refractivity (Wildman–Crippen MR) is 126 cm³/mol. The van der Waals surface area contributed by atoms with Crippen LogP contribution in [0, 0.1) is 0 Å². The molecule has 0 saturated heterocycles. The fraction of sp³-hybridized carbons (Fsp3) is 0.550. The second kappa shape index (κ2) is 13.4. The van der Waals surface area contributed by atoms with E-state index in [1.54, 1.807) is 0 Å². The summed E-state index contributed by atoms with van der Waals surface area (Å²) in [4.78, 5) is 8.41. The Hall–Kier alpha value is -2.05. The van der Waals surface area contributed by atoms with Crippen molar-refractivity contribution < 1.29 is 17.7 Å². The standard InChI is InChI=1S/C20H29F3N6O.HI/c1-4-16-15(17(5-2)30-29-16)13-28-19(24-6-3)26-11-7-10-25-18-9-8-14(12-27-18)20(21,22)23;/h8-9,12H,4-7,10-11,13H2,1-3H3,(H,25,27)(H2,24,26,28);1H. The van der Waals surface area contributed by atoms with E-state index in [1.807, 2.05) is 20.8 Å². The maximum atomic E-state index is 12.6. The van der Waals surface area contributed by atoms with Gasteiger partial charge in [-0.25, -0.2) is 9.98 Å². The summed E-state index contributed by atoms with van der Waals surface area (Å²) in [7, 11) is 0. The van der Waals surface area contributed by atoms with Crippen LogP contribution in [-0.4, -0.2) is 35.7 Å². The van der Waals surface area contributed by atoms with Crippen LogP contribution in [0.1, 0.15) is 49.8 Å². The lowest BCUT2D eigenvalue weighted by atomic mass is 10.1. The fourth-order valence-corrected chi connectivity index (χ4v) is 2.79. The van der Waals surface area contributed by atoms with Crippen molar-refractivity contribution in [3.05, 3.63) is 40.9 Å². The summed E-state index contributed by atoms with van der Waals surface area (Å²) in [6, 6.07) is 2.35. The van der Waals surface area contributed by atoms with Gasteiger partial charge in [-0.2, -0.15) is 13.2 Å². The summed E-state index contributed by atoms with van der Waals surface area (Å²) in [5, 5.41) is 13.6. The number of rotatable bonds is 10. The van der Waals surface area contributed by atoms with E-state index >= 15 is 0 Å². The maximum Gasteiger partial charge on any atom is 0.417 e. The Morgan fingerprint density at radius 2 is 1.87 bits per heavy atom. The SMILES string of the molecule is CCNC(=NCc1c(CC)noc1CC)NCCCNc1ccc(C(F)(F)F)cn1.I. The molecule has 2 rings (SSSR count). The molecule has 174 valence electrons. The molecule has 0 spiro atoms. The molecule has 0 saturated carbocycles. The number of guanidine groups is 1. The molecule has 11 heteroatoms. The molecule has 7 nitrogen and oxygen atoms in total. The number of anilines is 1. The van der Waals surface area contributed by atoms with Crippen LogP contribution in [0.2, 0.25) is 0 Å². The van der Waals surface area contributed by atoms with Crippen molar-refractivity contribution in [3.8, 4) is 0 Å². The van der Waals surface area contributed by atoms with Crippen molar-refractivity contribution in [1.29, 1.82) is 0 Å². The Labute approximate surface area is 197 Å². The number of nitrogens with zero attached hydrogens (tertiary/aromatic N) is 3. The molecule has 2 aromatic heterocycles. The molecule has 2 heterocycles. The van der Waals surface area contributed by atoms with E-state index in [4.69, 9.17) is 4.52 Å². The molecule has 0 bridgehead atoms. The Bertz CT molecular complexity index is 787. The van der Waals surface area contributed by atoms with Gasteiger partial charge in [0.2, 0.25) is 0 Å². The predicted octanol–water partition coefficient (Wildman–Crippen LogP) is 4.39. The van der Waals surface area contributed by atoms with Crippen LogP contribution < -0.4 is 16.0 Å². The van der Waals surface area contributed by atoms with Crippen molar-refractivity contribution >= 4 is 35.8 Å². The Balaban J connectivity index is 0.00000480. The number of aryl methyl sites for hydroxylation is 2. The summed E-state index contributed by atoms with van der Waals surface area (Å²) in [6.45, 7) is 8.47. The van der Waals surface area contributed by atoms with Gasteiger partial charge in [0, 0.05) is 37.8 Å². The molecule has 0 aromatic carbocycles. The lowest BCUT2D eigenvalue weighted by molar-refractivity contribution is -0.137. The van der Waals surface area contributed by atoms with Gasteiger partial charge in [0.25, 0.3) is 0 Å². The second-order valence-electron chi connectivity index (χ2n) is 6.57. The van der Waals surface area contributed by atoms with Crippen LogP contribution in [0.15, 0.2) is 27.8 Å². The zero-order chi connectivity index (χ0) is 22.0. The molecule has 0 atom stereocenters. The van der Waals surface area contributed by atoms with Gasteiger partial charge >= 0.3 is 6.18 Å². The van der Waals surface area contributed by atoms with Crippen LogP contribution >= 0.6 is 24.0 Å². The first-order chi connectivity index (χ1) is 14.4. The highest BCUT2D eigenvalue weighted by molar-refractivity contribution is 14.0. The third-order valence-electron chi connectivity index (χ3n) is 4.39. The largest absolute Gasteiger partial charge is 0.417 e. The Kier molecular flexibility index (Phi) is 11.6. The molecule has 0 unspecified atom stereocenters. The minimum Gasteiger partial charge on any atom is -0.370 e. The first kappa shape index (κ1) is 27.0. The van der Waals surface area contributed by atoms with Gasteiger partial charge in [-0.1, -0.05) is 19.0 Å². The van der Waals surface area contributed by atoms with Crippen molar-refractivity contribution in [1.82, 2.24) is 20.8 Å². The van der Waals surface area contributed by atoms with Crippen LogP contribution in [0.3, 0.4) is 0 Å². The molecule has 0 amide bonds. The van der Waals surface area contributed by atoms with Gasteiger partial charge in [-0.05, 0) is 31.9 Å². The molecular weight excluding hydrogens is 524 g/mol. The summed E-state index contributed by atoms with van der Waals surface area (Å²) < 4.78 is 43.0. The minimum atomic E-state index is -4.38. The van der Waals surface area contributed by atoms with Crippen LogP contribution in [0.25, 0.3) is 0 Å². The molecule has 0 radical (unpaired) electrons. The van der Waals surface area contributed by atoms with Gasteiger partial charge in [-0.15, -0.1) is 24.0 Å². The third-order valence-corrected chi connectivity index (χ3v) is 4.39. The van der Waals surface area contributed by atoms with Crippen molar-refractivity contribution in [3.63, 3.8) is 0 Å². The van der Waals surface area contributed by atoms with E-state index in [-0.39, 0.29) is 24.0 Å². The number of pyridine rings is 1. The molecule has 31 heavy (non-hydrogen) atoms. The summed E-state index contributed by atoms with van der Waals surface area (Å²) in [5.74, 6) is 1.96. The number of alkyl halides is 3. The molecule has 0 aliphatic carbocycles. The number of aliphatic imine (C=N–C) groups is 1. The highest BCUT2D eigenvalue weighted by atomic mass is 127. The number of hydrogen-bond acceptors (Lipinski definition) is 5. The number of halogens is 4. The zero-order valence-corrected chi connectivity index (χ0v) is 20.3. The zero-order valence-electron chi connectivity index (χ0n) is 18.0. The van der Waals surface area contributed by atoms with E-state index in [1.165, 1.54) is 6.07 Å². The van der Waals surface area contributed by atoms with E-state index in [2.05, 4.69) is 31.1 Å². The van der Waals surface area contributed by atoms with E-state index < -0.39 is 11.7 Å². The fourth-order valence-electron chi connectivity index (χ4n) is 2.79. The first-order valence-corrected chi connectivity index (χ1v) is 10.1. The van der Waals surface area contributed by atoms with Gasteiger partial charge < -0.3 is 20.5 Å². The van der Waals surface area contributed by atoms with Crippen molar-refractivity contribution in [2.45, 2.75) is 52.8 Å². The van der Waals surface area contributed by atoms with Gasteiger partial charge in [-0.3, -0.25) is 0 Å². The maximum absolute atomic E-state index is 12.6. The first-order valence-electron chi connectivity index (χ1n) is 10.1. The molecule has 0 fully saturated rings. The molecule has 0 aliphatic rings. The Morgan fingerprint density at radius 1 is 1.10 bits per heavy atom. The number of nitrogens with one attached hydrogen (secondary N) is 3. The summed E-state index contributed by atoms with van der Waals surface area (Å²) in [6.07, 6.45) is -1.25. The van der Waals surface area contributed by atoms with Crippen LogP contribution in [-0.2, 0) is 25.6 Å². The van der Waals surface area contributed by atoms with Crippen LogP contribution in [0.4, 0.5) is 19.0 Å². The third kappa shape index (κ3) is 8.54. The molecule has 2 aromatic rings. The summed E-state index contributed by atoms with van der Waals surface area (Å²) >= 11 is 0. The lowest BCUT2D eigenvalue weighted by Crippen LogP contribution is -2.38. The van der Waals surface area contributed by atoms with Crippen molar-refractivity contribution in [2.24, 2.45) is 4.99 Å². The monoisotopic (exact) mass is 554 g/mol. The van der Waals surface area contributed by atoms with E-state index in [0.717, 1.165) is 55.1 Å². The number of aromatic nitrogens is 2. The average Bonchev–Trinajstić information content (AvgIpc) is 3.13. The van der Waals surface area contributed by atoms with E-state index in [9.17, 15) is 13.2 Å². The van der Waals surface area contributed by atoms with Gasteiger partial charge in [0.05, 0.1) is 17.8 Å². The normalized spacial score (nSPS) is 11.7. The van der Waals surface area contributed by atoms with Crippen LogP contribution in [0.5, 0.6) is 0 Å². The quantitative estimate of drug-likeness (QED) is 0.175. The molecule has 0 aliphatic heterocycles. The highest BCUT2D eigenvalue weighted by Crippen LogP contribution is 2.28. The lowest BCUT2D eigenvalue weighted by Gasteiger charge is -2.12. The average molecular weight is 554 g/mol. The Morgan fingerprint density at radius 3 is 2.45 bits per heavy atom. The summed E-state index contributed by atoms with van der Waals surface area (Å²) in [5.41, 5.74) is 1.21. The minimum absolute atomic E-state index is 0. The molecule has 3 N–H and O–H groups in total. The van der Waals surface area contributed by atoms with Gasteiger partial charge in [0.15, 0.2) is 5.96 Å². The number of hydrogen-bond donors (Lipinski definition) is 3. The highest BCUT2D eigenvalue weighted by Gasteiger charge is 2.30. The second-order valence-corrected chi connectivity index (χ2v) is 6.57. The smallest absolute Gasteiger partial charge is 0.370 e. The van der Waals surface area contributed by atoms with Gasteiger partial charge in [0.1, 0.15) is 11.6 Å². The molecular formula is C20H30F3IN6O. The topological polar surface area (TPSA) is 87.4 Å². The van der Waals surface area contributed by atoms with Crippen molar-refractivity contribution in [2.75, 3.05) is 25.0 Å². The van der Waals surface area contributed by atoms with E-state index in [0.29, 0.717) is 31.4 Å².